The number of hydrogen-bond donors (Lipinski definition) is 0. The van der Waals surface area contributed by atoms with Crippen molar-refractivity contribution < 1.29 is 14.3 Å². The molecule has 26 heavy (non-hydrogen) atoms. The fourth-order valence-corrected chi connectivity index (χ4v) is 5.16. The third kappa shape index (κ3) is 3.15. The molecule has 1 aromatic rings. The number of amides is 1. The zero-order valence-electron chi connectivity index (χ0n) is 15.6. The molecule has 1 amide bonds. The molecule has 2 atom stereocenters. The van der Waals surface area contributed by atoms with Gasteiger partial charge in [-0.1, -0.05) is 6.07 Å². The van der Waals surface area contributed by atoms with E-state index in [2.05, 4.69) is 20.9 Å². The Morgan fingerprint density at radius 1 is 1.38 bits per heavy atom. The lowest BCUT2D eigenvalue weighted by Gasteiger charge is -2.49. The maximum Gasteiger partial charge on any atom is 0.223 e. The van der Waals surface area contributed by atoms with Gasteiger partial charge in [-0.05, 0) is 30.9 Å². The smallest absolute Gasteiger partial charge is 0.223 e. The monoisotopic (exact) mass is 359 g/mol. The Hall–Kier alpha value is -1.50. The van der Waals surface area contributed by atoms with Crippen LogP contribution in [0.25, 0.3) is 0 Å². The molecule has 2 unspecified atom stereocenters. The summed E-state index contributed by atoms with van der Waals surface area (Å²) in [5, 5.41) is 0. The molecule has 0 aliphatic carbocycles. The normalized spacial score (nSPS) is 29.0. The summed E-state index contributed by atoms with van der Waals surface area (Å²) in [5.41, 5.74) is 1.09. The first-order valence-electron chi connectivity index (χ1n) is 9.76. The first-order chi connectivity index (χ1) is 12.7. The van der Waals surface area contributed by atoms with Crippen molar-refractivity contribution >= 4 is 5.91 Å². The van der Waals surface area contributed by atoms with Gasteiger partial charge in [0.2, 0.25) is 5.91 Å². The second-order valence-corrected chi connectivity index (χ2v) is 7.74. The Morgan fingerprint density at radius 2 is 2.23 bits per heavy atom. The first kappa shape index (κ1) is 17.9. The summed E-state index contributed by atoms with van der Waals surface area (Å²) in [6.07, 6.45) is 7.49. The van der Waals surface area contributed by atoms with E-state index in [4.69, 9.17) is 9.47 Å². The lowest BCUT2D eigenvalue weighted by molar-refractivity contribution is -0.133. The summed E-state index contributed by atoms with van der Waals surface area (Å²) in [4.78, 5) is 21.9. The summed E-state index contributed by atoms with van der Waals surface area (Å²) < 4.78 is 10.9. The van der Waals surface area contributed by atoms with Gasteiger partial charge in [0.25, 0.3) is 0 Å². The quantitative estimate of drug-likeness (QED) is 0.800. The lowest BCUT2D eigenvalue weighted by Crippen LogP contribution is -2.57. The molecule has 6 heteroatoms. The molecule has 0 saturated carbocycles. The predicted octanol–water partition coefficient (Wildman–Crippen LogP) is 1.67. The lowest BCUT2D eigenvalue weighted by atomic mass is 9.73. The molecule has 0 aromatic carbocycles. The van der Waals surface area contributed by atoms with Crippen molar-refractivity contribution in [2.24, 2.45) is 0 Å². The van der Waals surface area contributed by atoms with Gasteiger partial charge in [0.15, 0.2) is 0 Å². The van der Waals surface area contributed by atoms with Gasteiger partial charge in [0.1, 0.15) is 0 Å². The van der Waals surface area contributed by atoms with Crippen LogP contribution in [-0.2, 0) is 14.3 Å². The van der Waals surface area contributed by atoms with Crippen molar-refractivity contribution in [1.29, 1.82) is 0 Å². The highest BCUT2D eigenvalue weighted by atomic mass is 16.5. The van der Waals surface area contributed by atoms with Crippen LogP contribution in [0, 0.1) is 0 Å². The number of likely N-dealkylation sites (tertiary alicyclic amines) is 2. The number of pyridine rings is 1. The molecule has 4 rings (SSSR count). The van der Waals surface area contributed by atoms with Crippen molar-refractivity contribution in [2.45, 2.75) is 43.2 Å². The van der Waals surface area contributed by atoms with Crippen molar-refractivity contribution in [3.8, 4) is 0 Å². The van der Waals surface area contributed by atoms with E-state index in [0.29, 0.717) is 25.6 Å². The van der Waals surface area contributed by atoms with E-state index in [1.165, 1.54) is 5.56 Å². The van der Waals surface area contributed by atoms with Crippen LogP contribution in [0.3, 0.4) is 0 Å². The summed E-state index contributed by atoms with van der Waals surface area (Å²) in [6.45, 7) is 5.06. The SMILES string of the molecule is COCCN1C(=O)CC(c2cccnc2)C12CCN(C1CCOC1)CC2. The second-order valence-electron chi connectivity index (χ2n) is 7.74. The molecule has 3 aliphatic heterocycles. The summed E-state index contributed by atoms with van der Waals surface area (Å²) in [7, 11) is 1.70. The molecule has 3 aliphatic rings. The number of rotatable bonds is 5. The van der Waals surface area contributed by atoms with E-state index in [9.17, 15) is 4.79 Å². The van der Waals surface area contributed by atoms with Crippen molar-refractivity contribution in [3.05, 3.63) is 30.1 Å². The standard InChI is InChI=1S/C20H29N3O3/c1-25-12-10-23-19(24)13-18(16-3-2-7-21-14-16)20(23)5-8-22(9-6-20)17-4-11-26-15-17/h2-3,7,14,17-18H,4-6,8-13,15H2,1H3. The zero-order valence-corrected chi connectivity index (χ0v) is 15.6. The fraction of sp³-hybridized carbons (Fsp3) is 0.700. The van der Waals surface area contributed by atoms with Crippen molar-refractivity contribution in [3.63, 3.8) is 0 Å². The minimum Gasteiger partial charge on any atom is -0.383 e. The van der Waals surface area contributed by atoms with E-state index < -0.39 is 0 Å². The molecular weight excluding hydrogens is 330 g/mol. The zero-order chi connectivity index (χ0) is 18.0. The number of piperidine rings is 1. The number of methoxy groups -OCH3 is 1. The number of ether oxygens (including phenoxy) is 2. The van der Waals surface area contributed by atoms with Gasteiger partial charge in [0.05, 0.1) is 18.8 Å². The van der Waals surface area contributed by atoms with Crippen LogP contribution in [0.4, 0.5) is 0 Å². The van der Waals surface area contributed by atoms with Crippen LogP contribution in [-0.4, -0.2) is 78.8 Å². The maximum absolute atomic E-state index is 12.9. The van der Waals surface area contributed by atoms with Crippen LogP contribution in [0.2, 0.25) is 0 Å². The molecule has 0 N–H and O–H groups in total. The topological polar surface area (TPSA) is 54.9 Å². The van der Waals surface area contributed by atoms with Crippen molar-refractivity contribution in [1.82, 2.24) is 14.8 Å². The Kier molecular flexibility index (Phi) is 5.25. The molecule has 6 nitrogen and oxygen atoms in total. The molecule has 4 heterocycles. The van der Waals surface area contributed by atoms with Crippen LogP contribution in [0.1, 0.15) is 37.2 Å². The molecule has 0 bridgehead atoms. The molecule has 142 valence electrons. The summed E-state index contributed by atoms with van der Waals surface area (Å²) >= 11 is 0. The number of aromatic nitrogens is 1. The Labute approximate surface area is 155 Å². The van der Waals surface area contributed by atoms with Gasteiger partial charge >= 0.3 is 0 Å². The molecule has 0 radical (unpaired) electrons. The minimum atomic E-state index is -0.103. The van der Waals surface area contributed by atoms with Crippen LogP contribution < -0.4 is 0 Å². The number of carbonyl (C=O) groups is 1. The van der Waals surface area contributed by atoms with Crippen LogP contribution in [0.15, 0.2) is 24.5 Å². The van der Waals surface area contributed by atoms with Gasteiger partial charge in [-0.2, -0.15) is 0 Å². The average Bonchev–Trinajstić information content (AvgIpc) is 3.30. The van der Waals surface area contributed by atoms with E-state index in [1.54, 1.807) is 13.3 Å². The van der Waals surface area contributed by atoms with E-state index >= 15 is 0 Å². The van der Waals surface area contributed by atoms with Gasteiger partial charge in [-0.3, -0.25) is 14.7 Å². The number of hydrogen-bond acceptors (Lipinski definition) is 5. The van der Waals surface area contributed by atoms with Gasteiger partial charge in [-0.25, -0.2) is 0 Å². The molecule has 1 spiro atoms. The summed E-state index contributed by atoms with van der Waals surface area (Å²) in [6, 6.07) is 4.66. The maximum atomic E-state index is 12.9. The predicted molar refractivity (Wildman–Crippen MR) is 97.9 cm³/mol. The molecule has 1 aromatic heterocycles. The van der Waals surface area contributed by atoms with E-state index in [1.807, 2.05) is 12.3 Å². The molecule has 3 saturated heterocycles. The fourth-order valence-electron chi connectivity index (χ4n) is 5.16. The third-order valence-corrected chi connectivity index (χ3v) is 6.56. The highest BCUT2D eigenvalue weighted by molar-refractivity contribution is 5.81. The van der Waals surface area contributed by atoms with Crippen LogP contribution >= 0.6 is 0 Å². The minimum absolute atomic E-state index is 0.103. The highest BCUT2D eigenvalue weighted by Gasteiger charge is 2.54. The highest BCUT2D eigenvalue weighted by Crippen LogP contribution is 2.49. The second kappa shape index (κ2) is 7.62. The Balaban J connectivity index is 1.58. The Bertz CT molecular complexity index is 610. The largest absolute Gasteiger partial charge is 0.383 e. The summed E-state index contributed by atoms with van der Waals surface area (Å²) in [5.74, 6) is 0.482. The molecular formula is C20H29N3O3. The number of carbonyl (C=O) groups excluding carboxylic acids is 1. The van der Waals surface area contributed by atoms with Gasteiger partial charge < -0.3 is 14.4 Å². The first-order valence-corrected chi connectivity index (χ1v) is 9.76. The molecule has 3 fully saturated rings. The van der Waals surface area contributed by atoms with Crippen LogP contribution in [0.5, 0.6) is 0 Å². The van der Waals surface area contributed by atoms with E-state index in [-0.39, 0.29) is 17.4 Å². The van der Waals surface area contributed by atoms with Gasteiger partial charge in [-0.15, -0.1) is 0 Å². The third-order valence-electron chi connectivity index (χ3n) is 6.56. The average molecular weight is 359 g/mol. The van der Waals surface area contributed by atoms with Crippen molar-refractivity contribution in [2.75, 3.05) is 46.6 Å². The van der Waals surface area contributed by atoms with Gasteiger partial charge in [0, 0.05) is 64.1 Å². The van der Waals surface area contributed by atoms with E-state index in [0.717, 1.165) is 45.6 Å². The number of nitrogens with zero attached hydrogens (tertiary/aromatic N) is 3. The Morgan fingerprint density at radius 3 is 2.88 bits per heavy atom.